The van der Waals surface area contributed by atoms with E-state index >= 15 is 0 Å². The largest absolute Gasteiger partial charge is 0.383 e. The molecule has 0 saturated heterocycles. The first-order valence-corrected chi connectivity index (χ1v) is 5.67. The summed E-state index contributed by atoms with van der Waals surface area (Å²) >= 11 is 0. The summed E-state index contributed by atoms with van der Waals surface area (Å²) in [6.07, 6.45) is 2.55. The number of hydrogen-bond acceptors (Lipinski definition) is 6. The highest BCUT2D eigenvalue weighted by atomic mass is 32.2. The van der Waals surface area contributed by atoms with Crippen LogP contribution in [0.5, 0.6) is 0 Å². The van der Waals surface area contributed by atoms with E-state index in [0.29, 0.717) is 0 Å². The molecule has 0 atom stereocenters. The number of anilines is 2. The minimum Gasteiger partial charge on any atom is -0.383 e. The van der Waals surface area contributed by atoms with Gasteiger partial charge in [0, 0.05) is 6.20 Å². The number of nitrogens with zero attached hydrogens (tertiary/aromatic N) is 3. The lowest BCUT2D eigenvalue weighted by atomic mass is 10.6. The third-order valence-electron chi connectivity index (χ3n) is 1.73. The molecule has 4 N–H and O–H groups in total. The van der Waals surface area contributed by atoms with Crippen molar-refractivity contribution in [2.45, 2.75) is 4.90 Å². The first-order chi connectivity index (χ1) is 7.59. The summed E-state index contributed by atoms with van der Waals surface area (Å²) in [7, 11) is -3.77. The zero-order valence-corrected chi connectivity index (χ0v) is 8.77. The third kappa shape index (κ3) is 1.93. The molecule has 0 aliphatic carbocycles. The number of sulfonamides is 1. The number of hydrogen-bond donors (Lipinski definition) is 3. The Morgan fingerprint density at radius 2 is 2.25 bits per heavy atom. The molecule has 0 unspecified atom stereocenters. The number of aromatic nitrogens is 4. The molecular formula is C7H8N6O2S. The van der Waals surface area contributed by atoms with Gasteiger partial charge in [0.25, 0.3) is 10.0 Å². The molecule has 2 aromatic rings. The van der Waals surface area contributed by atoms with Gasteiger partial charge < -0.3 is 5.73 Å². The van der Waals surface area contributed by atoms with Gasteiger partial charge in [-0.25, -0.2) is 8.42 Å². The van der Waals surface area contributed by atoms with Gasteiger partial charge in [-0.3, -0.25) is 9.82 Å². The highest BCUT2D eigenvalue weighted by molar-refractivity contribution is 7.92. The van der Waals surface area contributed by atoms with Crippen molar-refractivity contribution in [3.8, 4) is 0 Å². The van der Waals surface area contributed by atoms with Gasteiger partial charge in [0.05, 0.1) is 6.20 Å². The predicted molar refractivity (Wildman–Crippen MR) is 55.8 cm³/mol. The molecule has 0 fully saturated rings. The minimum absolute atomic E-state index is 0.0311. The van der Waals surface area contributed by atoms with Gasteiger partial charge >= 0.3 is 0 Å². The van der Waals surface area contributed by atoms with E-state index in [9.17, 15) is 8.42 Å². The molecule has 0 aromatic carbocycles. The number of aromatic amines is 1. The summed E-state index contributed by atoms with van der Waals surface area (Å²) in [5.74, 6) is 0.0829. The van der Waals surface area contributed by atoms with Crippen LogP contribution in [-0.4, -0.2) is 28.8 Å². The van der Waals surface area contributed by atoms with Crippen LogP contribution in [0.4, 0.5) is 11.6 Å². The Balaban J connectivity index is 2.32. The van der Waals surface area contributed by atoms with Crippen LogP contribution >= 0.6 is 0 Å². The summed E-state index contributed by atoms with van der Waals surface area (Å²) in [5.41, 5.74) is 5.41. The van der Waals surface area contributed by atoms with Crippen molar-refractivity contribution in [1.82, 2.24) is 20.4 Å². The van der Waals surface area contributed by atoms with Gasteiger partial charge in [-0.1, -0.05) is 0 Å². The zero-order chi connectivity index (χ0) is 11.6. The summed E-state index contributed by atoms with van der Waals surface area (Å²) in [6.45, 7) is 0. The van der Waals surface area contributed by atoms with Crippen LogP contribution in [-0.2, 0) is 10.0 Å². The van der Waals surface area contributed by atoms with E-state index in [4.69, 9.17) is 5.73 Å². The van der Waals surface area contributed by atoms with Crippen LogP contribution in [0, 0.1) is 0 Å². The van der Waals surface area contributed by atoms with Crippen molar-refractivity contribution in [3.63, 3.8) is 0 Å². The third-order valence-corrected chi connectivity index (χ3v) is 3.12. The molecule has 0 radical (unpaired) electrons. The van der Waals surface area contributed by atoms with Crippen molar-refractivity contribution in [2.75, 3.05) is 10.5 Å². The standard InChI is InChI=1S/C7H8N6O2S/c8-7-5(4-10-12-7)16(14,15)13-6-2-1-3-9-11-6/h1-4H,(H,11,13)(H3,8,10,12). The Bertz CT molecular complexity index is 578. The maximum absolute atomic E-state index is 11.8. The topological polar surface area (TPSA) is 127 Å². The maximum Gasteiger partial charge on any atom is 0.268 e. The molecule has 2 aromatic heterocycles. The molecule has 16 heavy (non-hydrogen) atoms. The zero-order valence-electron chi connectivity index (χ0n) is 7.95. The SMILES string of the molecule is Nc1[nH]ncc1S(=O)(=O)Nc1cccnn1. The maximum atomic E-state index is 11.8. The summed E-state index contributed by atoms with van der Waals surface area (Å²) in [5, 5.41) is 13.0. The second-order valence-electron chi connectivity index (χ2n) is 2.86. The molecule has 9 heteroatoms. The predicted octanol–water partition coefficient (Wildman–Crippen LogP) is -0.417. The Morgan fingerprint density at radius 1 is 1.44 bits per heavy atom. The molecule has 0 bridgehead atoms. The van der Waals surface area contributed by atoms with Crippen molar-refractivity contribution >= 4 is 21.7 Å². The molecule has 0 aliphatic rings. The van der Waals surface area contributed by atoms with Crippen LogP contribution in [0.25, 0.3) is 0 Å². The van der Waals surface area contributed by atoms with Gasteiger partial charge in [0.2, 0.25) is 0 Å². The number of nitrogens with two attached hydrogens (primary N) is 1. The molecule has 8 nitrogen and oxygen atoms in total. The Morgan fingerprint density at radius 3 is 2.81 bits per heavy atom. The van der Waals surface area contributed by atoms with Crippen molar-refractivity contribution < 1.29 is 8.42 Å². The van der Waals surface area contributed by atoms with Gasteiger partial charge in [-0.15, -0.1) is 5.10 Å². The molecule has 0 spiro atoms. The molecule has 2 rings (SSSR count). The second kappa shape index (κ2) is 3.77. The highest BCUT2D eigenvalue weighted by Gasteiger charge is 2.19. The van der Waals surface area contributed by atoms with Crippen molar-refractivity contribution in [1.29, 1.82) is 0 Å². The van der Waals surface area contributed by atoms with E-state index in [2.05, 4.69) is 25.1 Å². The highest BCUT2D eigenvalue weighted by Crippen LogP contribution is 2.16. The van der Waals surface area contributed by atoms with Crippen LogP contribution < -0.4 is 10.5 Å². The van der Waals surface area contributed by atoms with Crippen molar-refractivity contribution in [3.05, 3.63) is 24.5 Å². The molecule has 0 amide bonds. The fraction of sp³-hybridized carbons (Fsp3) is 0. The fourth-order valence-electron chi connectivity index (χ4n) is 1.05. The van der Waals surface area contributed by atoms with Crippen LogP contribution in [0.3, 0.4) is 0 Å². The van der Waals surface area contributed by atoms with Crippen LogP contribution in [0.2, 0.25) is 0 Å². The average Bonchev–Trinajstić information content (AvgIpc) is 2.66. The number of H-pyrrole nitrogens is 1. The quantitative estimate of drug-likeness (QED) is 0.668. The van der Waals surface area contributed by atoms with Crippen LogP contribution in [0.1, 0.15) is 0 Å². The Hall–Kier alpha value is -2.16. The molecule has 84 valence electrons. The van der Waals surface area contributed by atoms with E-state index in [0.717, 1.165) is 6.20 Å². The number of rotatable bonds is 3. The van der Waals surface area contributed by atoms with E-state index in [-0.39, 0.29) is 16.5 Å². The number of nitrogen functional groups attached to an aromatic ring is 1. The average molecular weight is 240 g/mol. The van der Waals surface area contributed by atoms with Crippen LogP contribution in [0.15, 0.2) is 29.4 Å². The minimum atomic E-state index is -3.77. The second-order valence-corrected chi connectivity index (χ2v) is 4.51. The fourth-order valence-corrected chi connectivity index (χ4v) is 2.07. The Kier molecular flexibility index (Phi) is 2.44. The van der Waals surface area contributed by atoms with E-state index < -0.39 is 10.0 Å². The first-order valence-electron chi connectivity index (χ1n) is 4.19. The van der Waals surface area contributed by atoms with Gasteiger partial charge in [-0.2, -0.15) is 10.2 Å². The normalized spacial score (nSPS) is 11.2. The summed E-state index contributed by atoms with van der Waals surface area (Å²) < 4.78 is 25.7. The Labute approximate surface area is 90.9 Å². The molecular weight excluding hydrogens is 232 g/mol. The summed E-state index contributed by atoms with van der Waals surface area (Å²) in [4.78, 5) is -0.127. The summed E-state index contributed by atoms with van der Waals surface area (Å²) in [6, 6.07) is 3.03. The first kappa shape index (κ1) is 10.4. The lowest BCUT2D eigenvalue weighted by molar-refractivity contribution is 0.601. The smallest absolute Gasteiger partial charge is 0.268 e. The van der Waals surface area contributed by atoms with Gasteiger partial charge in [0.15, 0.2) is 5.82 Å². The van der Waals surface area contributed by atoms with Gasteiger partial charge in [0.1, 0.15) is 10.7 Å². The van der Waals surface area contributed by atoms with Crippen molar-refractivity contribution in [2.24, 2.45) is 0 Å². The monoisotopic (exact) mass is 240 g/mol. The van der Waals surface area contributed by atoms with E-state index in [1.807, 2.05) is 0 Å². The molecule has 0 aliphatic heterocycles. The molecule has 2 heterocycles. The number of nitrogens with one attached hydrogen (secondary N) is 2. The van der Waals surface area contributed by atoms with E-state index in [1.165, 1.54) is 12.3 Å². The van der Waals surface area contributed by atoms with E-state index in [1.54, 1.807) is 6.07 Å². The molecule has 0 saturated carbocycles. The lowest BCUT2D eigenvalue weighted by Crippen LogP contribution is -2.14. The van der Waals surface area contributed by atoms with Gasteiger partial charge in [-0.05, 0) is 12.1 Å². The lowest BCUT2D eigenvalue weighted by Gasteiger charge is -2.04.